The molecule has 2 atom stereocenters. The third-order valence-corrected chi connectivity index (χ3v) is 5.29. The Morgan fingerprint density at radius 3 is 2.81 bits per heavy atom. The van der Waals surface area contributed by atoms with Gasteiger partial charge in [0.2, 0.25) is 5.54 Å². The summed E-state index contributed by atoms with van der Waals surface area (Å²) in [5, 5.41) is 25.9. The van der Waals surface area contributed by atoms with E-state index in [1.165, 1.54) is 17.9 Å². The summed E-state index contributed by atoms with van der Waals surface area (Å²) in [6.45, 7) is 1.62. The summed E-state index contributed by atoms with van der Waals surface area (Å²) in [5.41, 5.74) is 1.71. The molecule has 0 saturated carbocycles. The van der Waals surface area contributed by atoms with Gasteiger partial charge in [-0.25, -0.2) is 4.79 Å². The van der Waals surface area contributed by atoms with Gasteiger partial charge < -0.3 is 24.9 Å². The van der Waals surface area contributed by atoms with Gasteiger partial charge in [-0.1, -0.05) is 11.8 Å². The number of hydrogen-bond donors (Lipinski definition) is 5. The Hall–Kier alpha value is -4.07. The van der Waals surface area contributed by atoms with Crippen molar-refractivity contribution in [3.05, 3.63) is 54.0 Å². The molecule has 3 heterocycles. The number of hydrogen-bond acceptors (Lipinski definition) is 7. The molecule has 0 spiro atoms. The second kappa shape index (κ2) is 8.22. The number of amides is 3. The molecule has 32 heavy (non-hydrogen) atoms. The maximum atomic E-state index is 12.7. The number of hydroxylamine groups is 1. The van der Waals surface area contributed by atoms with Crippen molar-refractivity contribution in [3.63, 3.8) is 0 Å². The second-order valence-electron chi connectivity index (χ2n) is 7.46. The summed E-state index contributed by atoms with van der Waals surface area (Å²) >= 11 is 0. The highest BCUT2D eigenvalue weighted by atomic mass is 16.5. The van der Waals surface area contributed by atoms with E-state index >= 15 is 0 Å². The van der Waals surface area contributed by atoms with Crippen LogP contribution in [-0.2, 0) is 11.3 Å². The van der Waals surface area contributed by atoms with Gasteiger partial charge in [0.05, 0.1) is 19.7 Å². The number of ether oxygens (including phenoxy) is 1. The fraction of sp³-hybridized carbons (Fsp3) is 0.227. The highest BCUT2D eigenvalue weighted by Gasteiger charge is 2.46. The molecule has 164 valence electrons. The molecule has 5 N–H and O–H groups in total. The van der Waals surface area contributed by atoms with E-state index in [-0.39, 0.29) is 18.5 Å². The average molecular weight is 435 g/mol. The van der Waals surface area contributed by atoms with Gasteiger partial charge in [-0.3, -0.25) is 15.1 Å². The van der Waals surface area contributed by atoms with Crippen molar-refractivity contribution in [2.45, 2.75) is 25.0 Å². The molecule has 1 aliphatic heterocycles. The number of benzene rings is 1. The minimum Gasteiger partial charge on any atom is -0.497 e. The number of rotatable bonds is 5. The minimum atomic E-state index is -1.61. The number of pyridine rings is 1. The second-order valence-corrected chi connectivity index (χ2v) is 7.46. The summed E-state index contributed by atoms with van der Waals surface area (Å²) < 4.78 is 6.66. The summed E-state index contributed by atoms with van der Waals surface area (Å²) in [6.07, 6.45) is 4.76. The van der Waals surface area contributed by atoms with Crippen LogP contribution in [0.3, 0.4) is 0 Å². The number of nitrogens with one attached hydrogen (secondary N) is 3. The van der Waals surface area contributed by atoms with Gasteiger partial charge >= 0.3 is 6.03 Å². The van der Waals surface area contributed by atoms with E-state index in [9.17, 15) is 14.7 Å². The number of carbonyl (C=O) groups excluding carboxylic acids is 2. The highest BCUT2D eigenvalue weighted by molar-refractivity contribution is 6.09. The molecule has 1 aromatic carbocycles. The number of urea groups is 1. The number of fused-ring (bicyclic) bond motifs is 1. The van der Waals surface area contributed by atoms with E-state index < -0.39 is 17.5 Å². The maximum absolute atomic E-state index is 12.7. The molecule has 1 aliphatic rings. The highest BCUT2D eigenvalue weighted by Crippen LogP contribution is 2.32. The number of carbonyl (C=O) groups is 2. The smallest absolute Gasteiger partial charge is 0.323 e. The lowest BCUT2D eigenvalue weighted by Gasteiger charge is -2.20. The van der Waals surface area contributed by atoms with Crippen molar-refractivity contribution < 1.29 is 24.6 Å². The third-order valence-electron chi connectivity index (χ3n) is 5.29. The first-order chi connectivity index (χ1) is 15.3. The van der Waals surface area contributed by atoms with Crippen molar-refractivity contribution in [3.8, 4) is 23.5 Å². The summed E-state index contributed by atoms with van der Waals surface area (Å²) in [6, 6.07) is 5.89. The molecule has 10 heteroatoms. The molecule has 1 saturated heterocycles. The summed E-state index contributed by atoms with van der Waals surface area (Å²) in [4.78, 5) is 28.8. The average Bonchev–Trinajstić information content (AvgIpc) is 3.26. The van der Waals surface area contributed by atoms with Gasteiger partial charge in [0.1, 0.15) is 5.75 Å². The lowest BCUT2D eigenvalue weighted by atomic mass is 9.99. The Bertz CT molecular complexity index is 1270. The number of imide groups is 1. The fourth-order valence-electron chi connectivity index (χ4n) is 3.48. The predicted molar refractivity (Wildman–Crippen MR) is 114 cm³/mol. The van der Waals surface area contributed by atoms with Crippen LogP contribution in [0.1, 0.15) is 24.1 Å². The van der Waals surface area contributed by atoms with Crippen LogP contribution >= 0.6 is 0 Å². The maximum Gasteiger partial charge on any atom is 0.323 e. The first kappa shape index (κ1) is 21.2. The SMILES string of the molecule is COc1ccc2cn(C[C@@]3(C#Cc4cncc(C(C)NO)c4)NC(=O)NC3=O)c(O)c2c1. The van der Waals surface area contributed by atoms with Gasteiger partial charge in [0.25, 0.3) is 5.91 Å². The van der Waals surface area contributed by atoms with E-state index in [1.54, 1.807) is 43.6 Å². The third kappa shape index (κ3) is 3.82. The molecule has 1 fully saturated rings. The van der Waals surface area contributed by atoms with E-state index in [2.05, 4.69) is 32.9 Å². The number of aromatic hydroxyl groups is 1. The molecule has 0 bridgehead atoms. The monoisotopic (exact) mass is 435 g/mol. The minimum absolute atomic E-state index is 0.0828. The summed E-state index contributed by atoms with van der Waals surface area (Å²) in [7, 11) is 1.53. The van der Waals surface area contributed by atoms with E-state index in [0.717, 1.165) is 5.39 Å². The van der Waals surface area contributed by atoms with Crippen molar-refractivity contribution in [2.24, 2.45) is 0 Å². The molecule has 1 unspecified atom stereocenters. The quantitative estimate of drug-likeness (QED) is 0.232. The molecule has 0 radical (unpaired) electrons. The Balaban J connectivity index is 1.73. The van der Waals surface area contributed by atoms with E-state index in [0.29, 0.717) is 22.3 Å². The molecule has 0 aliphatic carbocycles. The van der Waals surface area contributed by atoms with Crippen LogP contribution in [0.15, 0.2) is 42.9 Å². The van der Waals surface area contributed by atoms with Crippen molar-refractivity contribution in [1.82, 2.24) is 25.7 Å². The van der Waals surface area contributed by atoms with Crippen LogP contribution in [0.25, 0.3) is 10.8 Å². The van der Waals surface area contributed by atoms with Gasteiger partial charge in [-0.2, -0.15) is 5.48 Å². The molecule has 2 aromatic heterocycles. The summed E-state index contributed by atoms with van der Waals surface area (Å²) in [5.74, 6) is 5.59. The molecule has 4 rings (SSSR count). The molecular formula is C22H21N5O5. The Morgan fingerprint density at radius 1 is 1.31 bits per heavy atom. The molecule has 3 amide bonds. The standard InChI is InChI=1S/C22H21N5O5/c1-13(26-31)16-7-14(9-23-10-16)5-6-22(20(29)24-21(30)25-22)12-27-11-15-3-4-17(32-2)8-18(15)19(27)28/h3-4,7-11,13,26,28,31H,12H2,1-2H3,(H2,24,25,29,30)/t13?,22-/m1/s1. The van der Waals surface area contributed by atoms with Crippen molar-refractivity contribution >= 4 is 22.7 Å². The largest absolute Gasteiger partial charge is 0.497 e. The van der Waals surface area contributed by atoms with Crippen LogP contribution in [0.4, 0.5) is 4.79 Å². The van der Waals surface area contributed by atoms with Crippen LogP contribution in [-0.4, -0.2) is 44.5 Å². The van der Waals surface area contributed by atoms with Crippen LogP contribution < -0.4 is 20.9 Å². The Morgan fingerprint density at radius 2 is 2.12 bits per heavy atom. The van der Waals surface area contributed by atoms with Crippen LogP contribution in [0, 0.1) is 11.8 Å². The van der Waals surface area contributed by atoms with Gasteiger partial charge in [-0.15, -0.1) is 0 Å². The van der Waals surface area contributed by atoms with Gasteiger partial charge in [0, 0.05) is 34.9 Å². The number of aromatic nitrogens is 2. The lowest BCUT2D eigenvalue weighted by Crippen LogP contribution is -2.49. The zero-order valence-corrected chi connectivity index (χ0v) is 17.3. The zero-order chi connectivity index (χ0) is 22.9. The molecular weight excluding hydrogens is 414 g/mol. The predicted octanol–water partition coefficient (Wildman–Crippen LogP) is 1.42. The zero-order valence-electron chi connectivity index (χ0n) is 17.3. The van der Waals surface area contributed by atoms with Gasteiger partial charge in [0.15, 0.2) is 5.88 Å². The van der Waals surface area contributed by atoms with Gasteiger partial charge in [-0.05, 0) is 36.8 Å². The first-order valence-electron chi connectivity index (χ1n) is 9.72. The fourth-order valence-corrected chi connectivity index (χ4v) is 3.48. The van der Waals surface area contributed by atoms with Crippen LogP contribution in [0.5, 0.6) is 11.6 Å². The molecule has 3 aromatic rings. The Labute approximate surface area is 183 Å². The number of nitrogens with zero attached hydrogens (tertiary/aromatic N) is 2. The van der Waals surface area contributed by atoms with Crippen molar-refractivity contribution in [1.29, 1.82) is 0 Å². The van der Waals surface area contributed by atoms with Crippen LogP contribution in [0.2, 0.25) is 0 Å². The lowest BCUT2D eigenvalue weighted by molar-refractivity contribution is -0.122. The first-order valence-corrected chi connectivity index (χ1v) is 9.72. The Kier molecular flexibility index (Phi) is 5.44. The topological polar surface area (TPSA) is 138 Å². The normalized spacial score (nSPS) is 18.6. The van der Waals surface area contributed by atoms with E-state index in [4.69, 9.17) is 9.94 Å². The number of methoxy groups -OCH3 is 1. The molecule has 10 nitrogen and oxygen atoms in total. The van der Waals surface area contributed by atoms with Crippen molar-refractivity contribution in [2.75, 3.05) is 7.11 Å². The van der Waals surface area contributed by atoms with E-state index in [1.807, 2.05) is 0 Å².